The van der Waals surface area contributed by atoms with Crippen LogP contribution in [0.4, 0.5) is 5.69 Å². The van der Waals surface area contributed by atoms with Crippen molar-refractivity contribution >= 4 is 34.6 Å². The van der Waals surface area contributed by atoms with Crippen molar-refractivity contribution in [3.05, 3.63) is 65.5 Å². The molecular formula is C26H26N4O6. The molecule has 4 aromatic rings. The number of esters is 1. The summed E-state index contributed by atoms with van der Waals surface area (Å²) >= 11 is 0. The summed E-state index contributed by atoms with van der Waals surface area (Å²) in [5, 5.41) is 7.09. The molecule has 0 radical (unpaired) electrons. The van der Waals surface area contributed by atoms with Crippen LogP contribution in [0.3, 0.4) is 0 Å². The minimum Gasteiger partial charge on any atom is -0.463 e. The van der Waals surface area contributed by atoms with E-state index in [0.29, 0.717) is 41.2 Å². The van der Waals surface area contributed by atoms with Crippen molar-refractivity contribution < 1.29 is 28.1 Å². The van der Waals surface area contributed by atoms with E-state index >= 15 is 0 Å². The van der Waals surface area contributed by atoms with E-state index in [1.54, 1.807) is 25.1 Å². The van der Waals surface area contributed by atoms with E-state index in [-0.39, 0.29) is 23.7 Å². The second-order valence-electron chi connectivity index (χ2n) is 8.24. The van der Waals surface area contributed by atoms with Crippen molar-refractivity contribution in [3.8, 4) is 11.5 Å². The number of rotatable bonds is 9. The number of nitrogens with one attached hydrogen (secondary N) is 1. The molecular weight excluding hydrogens is 464 g/mol. The van der Waals surface area contributed by atoms with Gasteiger partial charge in [-0.05, 0) is 50.1 Å². The van der Waals surface area contributed by atoms with Crippen molar-refractivity contribution in [2.45, 2.75) is 27.2 Å². The lowest BCUT2D eigenvalue weighted by molar-refractivity contribution is -0.137. The molecule has 0 aliphatic heterocycles. The van der Waals surface area contributed by atoms with Gasteiger partial charge in [0.05, 0.1) is 29.5 Å². The minimum absolute atomic E-state index is 0.150. The van der Waals surface area contributed by atoms with E-state index in [0.717, 1.165) is 5.56 Å². The van der Waals surface area contributed by atoms with Gasteiger partial charge in [-0.3, -0.25) is 9.59 Å². The van der Waals surface area contributed by atoms with E-state index in [2.05, 4.69) is 15.5 Å². The van der Waals surface area contributed by atoms with Gasteiger partial charge in [-0.15, -0.1) is 0 Å². The van der Waals surface area contributed by atoms with E-state index < -0.39 is 18.5 Å². The predicted molar refractivity (Wildman–Crippen MR) is 131 cm³/mol. The summed E-state index contributed by atoms with van der Waals surface area (Å²) in [5.74, 6) is -1.12. The first-order valence-electron chi connectivity index (χ1n) is 11.5. The number of nitrogens with zero attached hydrogens (tertiary/aromatic N) is 3. The molecule has 3 aromatic heterocycles. The van der Waals surface area contributed by atoms with Crippen LogP contribution >= 0.6 is 0 Å². The summed E-state index contributed by atoms with van der Waals surface area (Å²) in [6.45, 7) is 5.10. The summed E-state index contributed by atoms with van der Waals surface area (Å²) < 4.78 is 16.0. The Bertz CT molecular complexity index is 1390. The number of anilines is 1. The number of benzene rings is 1. The molecule has 186 valence electrons. The van der Waals surface area contributed by atoms with Crippen molar-refractivity contribution in [3.63, 3.8) is 0 Å². The number of carbonyl (C=O) groups is 3. The molecule has 3 heterocycles. The zero-order valence-corrected chi connectivity index (χ0v) is 20.2. The Hall–Kier alpha value is -4.47. The quantitative estimate of drug-likeness (QED) is 0.347. The van der Waals surface area contributed by atoms with Gasteiger partial charge in [0.25, 0.3) is 11.6 Å². The van der Waals surface area contributed by atoms with Crippen LogP contribution in [0.2, 0.25) is 0 Å². The molecule has 0 saturated heterocycles. The molecule has 10 heteroatoms. The van der Waals surface area contributed by atoms with Crippen LogP contribution in [-0.2, 0) is 14.3 Å². The van der Waals surface area contributed by atoms with E-state index in [1.807, 2.05) is 32.0 Å². The van der Waals surface area contributed by atoms with Gasteiger partial charge < -0.3 is 23.9 Å². The number of aromatic nitrogens is 2. The van der Waals surface area contributed by atoms with Crippen LogP contribution in [0.25, 0.3) is 22.6 Å². The highest BCUT2D eigenvalue weighted by Gasteiger charge is 2.23. The lowest BCUT2D eigenvalue weighted by Gasteiger charge is -2.21. The Balaban J connectivity index is 1.46. The zero-order chi connectivity index (χ0) is 25.7. The minimum atomic E-state index is -0.740. The molecule has 2 amide bonds. The fourth-order valence-corrected chi connectivity index (χ4v) is 3.74. The summed E-state index contributed by atoms with van der Waals surface area (Å²) in [6, 6.07) is 12.3. The van der Waals surface area contributed by atoms with Crippen molar-refractivity contribution in [2.24, 2.45) is 0 Å². The second kappa shape index (κ2) is 10.9. The Labute approximate surface area is 207 Å². The van der Waals surface area contributed by atoms with Gasteiger partial charge in [0, 0.05) is 12.2 Å². The van der Waals surface area contributed by atoms with Gasteiger partial charge in [-0.2, -0.15) is 0 Å². The monoisotopic (exact) mass is 490 g/mol. The molecule has 0 aliphatic rings. The molecule has 0 bridgehead atoms. The second-order valence-corrected chi connectivity index (χ2v) is 8.24. The zero-order valence-electron chi connectivity index (χ0n) is 20.2. The Morgan fingerprint density at radius 3 is 2.64 bits per heavy atom. The Morgan fingerprint density at radius 2 is 1.92 bits per heavy atom. The summed E-state index contributed by atoms with van der Waals surface area (Å²) in [6.07, 6.45) is 2.12. The normalized spacial score (nSPS) is 10.9. The number of hydrogen-bond acceptors (Lipinski definition) is 8. The summed E-state index contributed by atoms with van der Waals surface area (Å²) in [4.78, 5) is 44.2. The van der Waals surface area contributed by atoms with E-state index in [4.69, 9.17) is 13.7 Å². The molecule has 36 heavy (non-hydrogen) atoms. The van der Waals surface area contributed by atoms with Crippen LogP contribution in [-0.4, -0.2) is 52.5 Å². The number of ether oxygens (including phenoxy) is 1. The molecule has 1 N–H and O–H groups in total. The highest BCUT2D eigenvalue weighted by atomic mass is 16.5. The standard InChI is InChI=1S/C26H26N4O6/c1-4-11-30(14-22(31)27-19-9-6-5-8-16(19)2)23(32)15-35-26(33)18-13-20(21-10-7-12-34-21)28-25-24(18)17(3)29-36-25/h5-10,12-13H,4,11,14-15H2,1-3H3,(H,27,31). The molecule has 0 spiro atoms. The number of hydrogen-bond donors (Lipinski definition) is 1. The first-order chi connectivity index (χ1) is 17.4. The average Bonchev–Trinajstić information content (AvgIpc) is 3.53. The number of fused-ring (bicyclic) bond motifs is 1. The molecule has 0 aliphatic carbocycles. The van der Waals surface area contributed by atoms with Crippen molar-refractivity contribution in [1.82, 2.24) is 15.0 Å². The Morgan fingerprint density at radius 1 is 1.11 bits per heavy atom. The van der Waals surface area contributed by atoms with Gasteiger partial charge in [0.2, 0.25) is 5.91 Å². The highest BCUT2D eigenvalue weighted by Crippen LogP contribution is 2.27. The van der Waals surface area contributed by atoms with Gasteiger partial charge in [-0.25, -0.2) is 9.78 Å². The largest absolute Gasteiger partial charge is 0.463 e. The highest BCUT2D eigenvalue weighted by molar-refractivity contribution is 6.04. The number of amides is 2. The van der Waals surface area contributed by atoms with Gasteiger partial charge in [0.15, 0.2) is 12.4 Å². The molecule has 0 saturated carbocycles. The first kappa shape index (κ1) is 24.6. The molecule has 0 fully saturated rings. The molecule has 4 rings (SSSR count). The topological polar surface area (TPSA) is 128 Å². The number of pyridine rings is 1. The molecule has 0 unspecified atom stereocenters. The van der Waals surface area contributed by atoms with Crippen molar-refractivity contribution in [2.75, 3.05) is 25.0 Å². The third-order valence-electron chi connectivity index (χ3n) is 5.54. The smallest absolute Gasteiger partial charge is 0.339 e. The van der Waals surface area contributed by atoms with Gasteiger partial charge >= 0.3 is 5.97 Å². The Kier molecular flexibility index (Phi) is 7.43. The van der Waals surface area contributed by atoms with Crippen LogP contribution in [0.15, 0.2) is 57.7 Å². The molecule has 1 aromatic carbocycles. The van der Waals surface area contributed by atoms with Gasteiger partial charge in [-0.1, -0.05) is 30.3 Å². The first-order valence-corrected chi connectivity index (χ1v) is 11.5. The third kappa shape index (κ3) is 5.43. The molecule has 0 atom stereocenters. The SMILES string of the molecule is CCCN(CC(=O)Nc1ccccc1C)C(=O)COC(=O)c1cc(-c2ccco2)nc2onc(C)c12. The van der Waals surface area contributed by atoms with Crippen molar-refractivity contribution in [1.29, 1.82) is 0 Å². The van der Waals surface area contributed by atoms with Crippen LogP contribution in [0, 0.1) is 13.8 Å². The van der Waals surface area contributed by atoms with Crippen LogP contribution in [0.1, 0.15) is 35.0 Å². The van der Waals surface area contributed by atoms with E-state index in [9.17, 15) is 14.4 Å². The summed E-state index contributed by atoms with van der Waals surface area (Å²) in [5.41, 5.74) is 2.72. The summed E-state index contributed by atoms with van der Waals surface area (Å²) in [7, 11) is 0. The maximum atomic E-state index is 13.0. The fourth-order valence-electron chi connectivity index (χ4n) is 3.74. The van der Waals surface area contributed by atoms with E-state index in [1.165, 1.54) is 17.2 Å². The number of para-hydroxylation sites is 1. The lowest BCUT2D eigenvalue weighted by atomic mass is 10.1. The maximum Gasteiger partial charge on any atom is 0.339 e. The number of carbonyl (C=O) groups excluding carboxylic acids is 3. The van der Waals surface area contributed by atoms with Crippen LogP contribution in [0.5, 0.6) is 0 Å². The fraction of sp³-hybridized carbons (Fsp3) is 0.269. The lowest BCUT2D eigenvalue weighted by Crippen LogP contribution is -2.40. The maximum absolute atomic E-state index is 13.0. The van der Waals surface area contributed by atoms with Gasteiger partial charge in [0.1, 0.15) is 5.69 Å². The average molecular weight is 491 g/mol. The number of furan rings is 1. The van der Waals surface area contributed by atoms with Crippen LogP contribution < -0.4 is 5.32 Å². The number of aryl methyl sites for hydroxylation is 2. The third-order valence-corrected chi connectivity index (χ3v) is 5.54. The predicted octanol–water partition coefficient (Wildman–Crippen LogP) is 4.13. The molecule has 10 nitrogen and oxygen atoms in total.